The van der Waals surface area contributed by atoms with Gasteiger partial charge < -0.3 is 10.5 Å². The smallest absolute Gasteiger partial charge is 0.271 e. The zero-order valence-corrected chi connectivity index (χ0v) is 13.5. The van der Waals surface area contributed by atoms with Crippen LogP contribution in [0.3, 0.4) is 0 Å². The van der Waals surface area contributed by atoms with Crippen molar-refractivity contribution in [3.05, 3.63) is 72.2 Å². The Hall–Kier alpha value is -3.00. The molecule has 0 bridgehead atoms. The molecule has 2 N–H and O–H groups in total. The zero-order valence-electron chi connectivity index (χ0n) is 12.6. The van der Waals surface area contributed by atoms with Gasteiger partial charge in [0.05, 0.1) is 0 Å². The summed E-state index contributed by atoms with van der Waals surface area (Å²) in [5.74, 6) is -2.81. The second-order valence-corrected chi connectivity index (χ2v) is 5.92. The van der Waals surface area contributed by atoms with Crippen molar-refractivity contribution in [3.8, 4) is 11.5 Å². The van der Waals surface area contributed by atoms with Crippen LogP contribution in [0.5, 0.6) is 11.5 Å². The van der Waals surface area contributed by atoms with E-state index >= 15 is 0 Å². The molecule has 2 heterocycles. The number of nitrogens with zero attached hydrogens (tertiary/aromatic N) is 2. The van der Waals surface area contributed by atoms with Gasteiger partial charge in [-0.2, -0.15) is 0 Å². The number of halogens is 2. The Morgan fingerprint density at radius 3 is 2.60 bits per heavy atom. The lowest BCUT2D eigenvalue weighted by molar-refractivity contribution is 0.0993. The first-order valence-corrected chi connectivity index (χ1v) is 7.86. The number of hydrogen-bond acceptors (Lipinski definition) is 5. The molecule has 0 atom stereocenters. The molecule has 126 valence electrons. The summed E-state index contributed by atoms with van der Waals surface area (Å²) in [6, 6.07) is 10.0. The fraction of sp³-hybridized carbons (Fsp3) is 0. The summed E-state index contributed by atoms with van der Waals surface area (Å²) in [4.78, 5) is 20.3. The Labute approximate surface area is 145 Å². The minimum Gasteiger partial charge on any atom is -0.455 e. The second-order valence-electron chi connectivity index (χ2n) is 4.83. The highest BCUT2D eigenvalue weighted by Crippen LogP contribution is 2.32. The van der Waals surface area contributed by atoms with Crippen molar-refractivity contribution >= 4 is 17.7 Å². The van der Waals surface area contributed by atoms with Gasteiger partial charge in [0.1, 0.15) is 10.8 Å². The number of aromatic nitrogens is 2. The molecule has 0 aliphatic rings. The summed E-state index contributed by atoms with van der Waals surface area (Å²) in [5.41, 5.74) is 5.17. The number of ether oxygens (including phenoxy) is 1. The van der Waals surface area contributed by atoms with Crippen LogP contribution in [0.1, 0.15) is 10.5 Å². The van der Waals surface area contributed by atoms with Crippen molar-refractivity contribution in [2.75, 3.05) is 0 Å². The molecule has 0 aliphatic carbocycles. The molecular weight excluding hydrogens is 348 g/mol. The molecule has 1 amide bonds. The third-order valence-electron chi connectivity index (χ3n) is 3.04. The van der Waals surface area contributed by atoms with Crippen LogP contribution < -0.4 is 10.5 Å². The lowest BCUT2D eigenvalue weighted by Gasteiger charge is -2.10. The Bertz CT molecular complexity index is 923. The van der Waals surface area contributed by atoms with Crippen molar-refractivity contribution in [1.82, 2.24) is 9.97 Å². The normalized spacial score (nSPS) is 10.5. The summed E-state index contributed by atoms with van der Waals surface area (Å²) in [6.07, 6.45) is 3.10. The molecule has 0 saturated carbocycles. The SMILES string of the molecule is NC(=O)c1ncc(Sc2ccccn2)cc1Oc1ccc(F)c(F)c1. The van der Waals surface area contributed by atoms with Crippen molar-refractivity contribution in [2.24, 2.45) is 5.73 Å². The first kappa shape index (κ1) is 16.8. The van der Waals surface area contributed by atoms with E-state index < -0.39 is 17.5 Å². The van der Waals surface area contributed by atoms with E-state index in [9.17, 15) is 13.6 Å². The van der Waals surface area contributed by atoms with Gasteiger partial charge in [-0.15, -0.1) is 0 Å². The fourth-order valence-electron chi connectivity index (χ4n) is 1.94. The van der Waals surface area contributed by atoms with Crippen LogP contribution in [0.4, 0.5) is 8.78 Å². The molecule has 3 aromatic rings. The van der Waals surface area contributed by atoms with Gasteiger partial charge in [-0.1, -0.05) is 17.8 Å². The second kappa shape index (κ2) is 7.27. The van der Waals surface area contributed by atoms with Crippen LogP contribution >= 0.6 is 11.8 Å². The number of amides is 1. The van der Waals surface area contributed by atoms with Crippen molar-refractivity contribution < 1.29 is 18.3 Å². The Kier molecular flexibility index (Phi) is 4.90. The number of rotatable bonds is 5. The summed E-state index contributed by atoms with van der Waals surface area (Å²) < 4.78 is 31.8. The van der Waals surface area contributed by atoms with Gasteiger partial charge >= 0.3 is 0 Å². The first-order chi connectivity index (χ1) is 12.0. The summed E-state index contributed by atoms with van der Waals surface area (Å²) in [5, 5.41) is 0.718. The third-order valence-corrected chi connectivity index (χ3v) is 3.95. The van der Waals surface area contributed by atoms with E-state index in [0.717, 1.165) is 17.2 Å². The first-order valence-electron chi connectivity index (χ1n) is 7.04. The van der Waals surface area contributed by atoms with E-state index in [1.54, 1.807) is 12.3 Å². The fourth-order valence-corrected chi connectivity index (χ4v) is 2.71. The van der Waals surface area contributed by atoms with Gasteiger partial charge in [0.25, 0.3) is 5.91 Å². The number of carbonyl (C=O) groups excluding carboxylic acids is 1. The molecule has 5 nitrogen and oxygen atoms in total. The van der Waals surface area contributed by atoms with Gasteiger partial charge in [-0.25, -0.2) is 18.7 Å². The molecule has 2 aromatic heterocycles. The van der Waals surface area contributed by atoms with Crippen molar-refractivity contribution in [3.63, 3.8) is 0 Å². The van der Waals surface area contributed by atoms with E-state index in [4.69, 9.17) is 10.5 Å². The largest absolute Gasteiger partial charge is 0.455 e. The molecule has 0 radical (unpaired) electrons. The number of carbonyl (C=O) groups is 1. The molecule has 8 heteroatoms. The van der Waals surface area contributed by atoms with Gasteiger partial charge in [-0.05, 0) is 30.3 Å². The molecule has 0 fully saturated rings. The summed E-state index contributed by atoms with van der Waals surface area (Å²) >= 11 is 1.30. The molecule has 0 aliphatic heterocycles. The highest BCUT2D eigenvalue weighted by molar-refractivity contribution is 7.99. The Morgan fingerprint density at radius 1 is 1.08 bits per heavy atom. The molecule has 0 spiro atoms. The maximum atomic E-state index is 13.3. The van der Waals surface area contributed by atoms with E-state index in [1.165, 1.54) is 30.1 Å². The number of nitrogens with two attached hydrogens (primary N) is 1. The molecular formula is C17H11F2N3O2S. The minimum atomic E-state index is -1.06. The van der Waals surface area contributed by atoms with Crippen LogP contribution in [0.25, 0.3) is 0 Å². The molecule has 0 unspecified atom stereocenters. The molecule has 1 aromatic carbocycles. The maximum absolute atomic E-state index is 13.3. The van der Waals surface area contributed by atoms with E-state index in [1.807, 2.05) is 12.1 Å². The van der Waals surface area contributed by atoms with Gasteiger partial charge in [0.15, 0.2) is 23.1 Å². The molecule has 3 rings (SSSR count). The minimum absolute atomic E-state index is 0.0168. The van der Waals surface area contributed by atoms with Crippen LogP contribution in [0.15, 0.2) is 64.8 Å². The van der Waals surface area contributed by atoms with Crippen LogP contribution in [-0.4, -0.2) is 15.9 Å². The van der Waals surface area contributed by atoms with E-state index in [2.05, 4.69) is 9.97 Å². The third kappa shape index (κ3) is 4.10. The predicted octanol–water partition coefficient (Wildman–Crippen LogP) is 3.80. The van der Waals surface area contributed by atoms with Gasteiger partial charge in [-0.3, -0.25) is 4.79 Å². The lowest BCUT2D eigenvalue weighted by atomic mass is 10.3. The zero-order chi connectivity index (χ0) is 17.8. The monoisotopic (exact) mass is 359 g/mol. The Morgan fingerprint density at radius 2 is 1.92 bits per heavy atom. The topological polar surface area (TPSA) is 78.1 Å². The summed E-state index contributed by atoms with van der Waals surface area (Å²) in [6.45, 7) is 0. The van der Waals surface area contributed by atoms with Gasteiger partial charge in [0.2, 0.25) is 0 Å². The number of pyridine rings is 2. The van der Waals surface area contributed by atoms with E-state index in [-0.39, 0.29) is 17.2 Å². The Balaban J connectivity index is 1.93. The van der Waals surface area contributed by atoms with Gasteiger partial charge in [0, 0.05) is 23.4 Å². The van der Waals surface area contributed by atoms with Crippen LogP contribution in [0, 0.1) is 11.6 Å². The van der Waals surface area contributed by atoms with Crippen molar-refractivity contribution in [2.45, 2.75) is 9.92 Å². The van der Waals surface area contributed by atoms with Crippen LogP contribution in [0.2, 0.25) is 0 Å². The summed E-state index contributed by atoms with van der Waals surface area (Å²) in [7, 11) is 0. The van der Waals surface area contributed by atoms with Crippen LogP contribution in [-0.2, 0) is 0 Å². The standard InChI is InChI=1S/C17H11F2N3O2S/c18-12-5-4-10(7-13(12)19)24-14-8-11(9-22-16(14)17(20)23)25-15-3-1-2-6-21-15/h1-9H,(H2,20,23). The van der Waals surface area contributed by atoms with Crippen molar-refractivity contribution in [1.29, 1.82) is 0 Å². The maximum Gasteiger partial charge on any atom is 0.271 e. The highest BCUT2D eigenvalue weighted by Gasteiger charge is 2.15. The number of primary amides is 1. The average molecular weight is 359 g/mol. The predicted molar refractivity (Wildman–Crippen MR) is 87.5 cm³/mol. The van der Waals surface area contributed by atoms with E-state index in [0.29, 0.717) is 4.90 Å². The highest BCUT2D eigenvalue weighted by atomic mass is 32.2. The quantitative estimate of drug-likeness (QED) is 0.750. The lowest BCUT2D eigenvalue weighted by Crippen LogP contribution is -2.14. The average Bonchev–Trinajstić information content (AvgIpc) is 2.59. The molecule has 0 saturated heterocycles. The molecule has 25 heavy (non-hydrogen) atoms. The number of benzene rings is 1. The number of hydrogen-bond donors (Lipinski definition) is 1.